The quantitative estimate of drug-likeness (QED) is 0.696. The Morgan fingerprint density at radius 3 is 2.32 bits per heavy atom. The molecule has 1 heterocycles. The molecule has 114 valence electrons. The van der Waals surface area contributed by atoms with Crippen molar-refractivity contribution in [1.29, 1.82) is 0 Å². The second-order valence-corrected chi connectivity index (χ2v) is 8.12. The van der Waals surface area contributed by atoms with Crippen molar-refractivity contribution in [3.63, 3.8) is 0 Å². The van der Waals surface area contributed by atoms with Crippen molar-refractivity contribution in [2.45, 2.75) is 46.5 Å². The zero-order chi connectivity index (χ0) is 14.3. The minimum absolute atomic E-state index is 0.306. The van der Waals surface area contributed by atoms with Gasteiger partial charge in [-0.25, -0.2) is 12.7 Å². The van der Waals surface area contributed by atoms with E-state index in [4.69, 9.17) is 0 Å². The smallest absolute Gasteiger partial charge is 0.214 e. The Kier molecular flexibility index (Phi) is 7.32. The molecular formula is C14H30N2O2S. The predicted molar refractivity (Wildman–Crippen MR) is 80.7 cm³/mol. The van der Waals surface area contributed by atoms with Gasteiger partial charge in [-0.15, -0.1) is 0 Å². The summed E-state index contributed by atoms with van der Waals surface area (Å²) in [6, 6.07) is 0. The van der Waals surface area contributed by atoms with Crippen molar-refractivity contribution >= 4 is 10.0 Å². The van der Waals surface area contributed by atoms with Gasteiger partial charge >= 0.3 is 0 Å². The van der Waals surface area contributed by atoms with E-state index in [1.54, 1.807) is 4.31 Å². The average molecular weight is 290 g/mol. The maximum absolute atomic E-state index is 12.3. The molecule has 0 aromatic carbocycles. The van der Waals surface area contributed by atoms with Crippen molar-refractivity contribution in [1.82, 2.24) is 9.62 Å². The fourth-order valence-electron chi connectivity index (χ4n) is 2.80. The molecule has 1 saturated heterocycles. The lowest BCUT2D eigenvalue weighted by molar-refractivity contribution is 0.222. The lowest BCUT2D eigenvalue weighted by atomic mass is 9.94. The van der Waals surface area contributed by atoms with E-state index in [9.17, 15) is 8.42 Å². The first-order valence-corrected chi connectivity index (χ1v) is 9.25. The average Bonchev–Trinajstić information content (AvgIpc) is 2.32. The first-order valence-electron chi connectivity index (χ1n) is 7.64. The van der Waals surface area contributed by atoms with E-state index in [2.05, 4.69) is 26.1 Å². The molecule has 2 atom stereocenters. The molecular weight excluding hydrogens is 260 g/mol. The van der Waals surface area contributed by atoms with E-state index < -0.39 is 10.0 Å². The third-order valence-electron chi connectivity index (χ3n) is 3.66. The topological polar surface area (TPSA) is 49.4 Å². The van der Waals surface area contributed by atoms with E-state index in [1.165, 1.54) is 0 Å². The second kappa shape index (κ2) is 8.22. The summed E-state index contributed by atoms with van der Waals surface area (Å²) in [5.74, 6) is 1.29. The van der Waals surface area contributed by atoms with Crippen LogP contribution in [0.4, 0.5) is 0 Å². The molecule has 0 amide bonds. The van der Waals surface area contributed by atoms with E-state index >= 15 is 0 Å². The van der Waals surface area contributed by atoms with Gasteiger partial charge < -0.3 is 5.32 Å². The summed E-state index contributed by atoms with van der Waals surface area (Å²) in [4.78, 5) is 0. The van der Waals surface area contributed by atoms with Gasteiger partial charge in [0.1, 0.15) is 0 Å². The molecule has 2 unspecified atom stereocenters. The molecule has 1 aliphatic heterocycles. The maximum Gasteiger partial charge on any atom is 0.214 e. The molecule has 1 rings (SSSR count). The molecule has 5 heteroatoms. The number of sulfonamides is 1. The highest BCUT2D eigenvalue weighted by atomic mass is 32.2. The van der Waals surface area contributed by atoms with Gasteiger partial charge in [0.05, 0.1) is 5.75 Å². The summed E-state index contributed by atoms with van der Waals surface area (Å²) >= 11 is 0. The summed E-state index contributed by atoms with van der Waals surface area (Å²) in [5.41, 5.74) is 0. The van der Waals surface area contributed by atoms with Gasteiger partial charge in [0.25, 0.3) is 0 Å². The summed E-state index contributed by atoms with van der Waals surface area (Å²) in [7, 11) is -3.04. The Balaban J connectivity index is 2.30. The number of rotatable bonds is 8. The van der Waals surface area contributed by atoms with E-state index in [1.807, 2.05) is 0 Å². The van der Waals surface area contributed by atoms with Crippen LogP contribution in [0.5, 0.6) is 0 Å². The van der Waals surface area contributed by atoms with Gasteiger partial charge in [-0.2, -0.15) is 0 Å². The van der Waals surface area contributed by atoms with Gasteiger partial charge in [0.15, 0.2) is 0 Å². The summed E-state index contributed by atoms with van der Waals surface area (Å²) < 4.78 is 26.3. The highest BCUT2D eigenvalue weighted by Gasteiger charge is 2.29. The molecule has 19 heavy (non-hydrogen) atoms. The zero-order valence-corrected chi connectivity index (χ0v) is 13.5. The Bertz CT molecular complexity index is 333. The fourth-order valence-corrected chi connectivity index (χ4v) is 4.59. The van der Waals surface area contributed by atoms with Gasteiger partial charge in [-0.1, -0.05) is 20.8 Å². The van der Waals surface area contributed by atoms with Crippen LogP contribution in [0, 0.1) is 11.8 Å². The molecule has 0 saturated carbocycles. The summed E-state index contributed by atoms with van der Waals surface area (Å²) in [6.07, 6.45) is 3.98. The van der Waals surface area contributed by atoms with E-state index in [0.29, 0.717) is 30.7 Å². The highest BCUT2D eigenvalue weighted by molar-refractivity contribution is 7.89. The van der Waals surface area contributed by atoms with Crippen molar-refractivity contribution in [3.05, 3.63) is 0 Å². The van der Waals surface area contributed by atoms with Crippen LogP contribution < -0.4 is 5.32 Å². The van der Waals surface area contributed by atoms with Crippen molar-refractivity contribution in [2.75, 3.05) is 31.9 Å². The van der Waals surface area contributed by atoms with E-state index in [-0.39, 0.29) is 0 Å². The SMILES string of the molecule is CCCNCCCCS(=O)(=O)N1CC(C)CC(C)C1. The summed E-state index contributed by atoms with van der Waals surface area (Å²) in [6.45, 7) is 9.79. The second-order valence-electron chi connectivity index (χ2n) is 6.04. The number of piperidine rings is 1. The van der Waals surface area contributed by atoms with Crippen LogP contribution in [0.3, 0.4) is 0 Å². The largest absolute Gasteiger partial charge is 0.317 e. The van der Waals surface area contributed by atoms with Crippen molar-refractivity contribution in [3.8, 4) is 0 Å². The van der Waals surface area contributed by atoms with Crippen LogP contribution in [0.15, 0.2) is 0 Å². The number of hydrogen-bond donors (Lipinski definition) is 1. The normalized spacial score (nSPS) is 25.6. The van der Waals surface area contributed by atoms with Gasteiger partial charge in [0.2, 0.25) is 10.0 Å². The Labute approximate surface area is 119 Å². The minimum atomic E-state index is -3.04. The molecule has 0 aromatic rings. The Morgan fingerprint density at radius 2 is 1.74 bits per heavy atom. The standard InChI is InChI=1S/C14H30N2O2S/c1-4-7-15-8-5-6-9-19(17,18)16-11-13(2)10-14(3)12-16/h13-15H,4-12H2,1-3H3. The third kappa shape index (κ3) is 6.23. The van der Waals surface area contributed by atoms with Crippen LogP contribution in [0.1, 0.15) is 46.5 Å². The molecule has 0 radical (unpaired) electrons. The number of nitrogens with zero attached hydrogens (tertiary/aromatic N) is 1. The first-order chi connectivity index (χ1) is 8.95. The molecule has 4 nitrogen and oxygen atoms in total. The summed E-state index contributed by atoms with van der Waals surface area (Å²) in [5, 5.41) is 3.31. The van der Waals surface area contributed by atoms with Crippen molar-refractivity contribution < 1.29 is 8.42 Å². The van der Waals surface area contributed by atoms with E-state index in [0.717, 1.165) is 38.8 Å². The molecule has 0 aliphatic carbocycles. The number of hydrogen-bond acceptors (Lipinski definition) is 3. The van der Waals surface area contributed by atoms with Crippen LogP contribution >= 0.6 is 0 Å². The molecule has 1 fully saturated rings. The molecule has 0 aromatic heterocycles. The molecule has 0 spiro atoms. The van der Waals surface area contributed by atoms with Crippen LogP contribution in [-0.4, -0.2) is 44.7 Å². The van der Waals surface area contributed by atoms with Crippen molar-refractivity contribution in [2.24, 2.45) is 11.8 Å². The van der Waals surface area contributed by atoms with Gasteiger partial charge in [-0.05, 0) is 50.6 Å². The number of unbranched alkanes of at least 4 members (excludes halogenated alkanes) is 1. The fraction of sp³-hybridized carbons (Fsp3) is 1.00. The molecule has 1 aliphatic rings. The predicted octanol–water partition coefficient (Wildman–Crippen LogP) is 2.07. The van der Waals surface area contributed by atoms with Gasteiger partial charge in [-0.3, -0.25) is 0 Å². The highest BCUT2D eigenvalue weighted by Crippen LogP contribution is 2.23. The first kappa shape index (κ1) is 16.9. The molecule has 1 N–H and O–H groups in total. The maximum atomic E-state index is 12.3. The third-order valence-corrected chi connectivity index (χ3v) is 5.55. The van der Waals surface area contributed by atoms with Gasteiger partial charge in [0, 0.05) is 13.1 Å². The Hall–Kier alpha value is -0.130. The Morgan fingerprint density at radius 1 is 1.11 bits per heavy atom. The zero-order valence-electron chi connectivity index (χ0n) is 12.7. The minimum Gasteiger partial charge on any atom is -0.317 e. The van der Waals surface area contributed by atoms with Crippen LogP contribution in [0.25, 0.3) is 0 Å². The van der Waals surface area contributed by atoms with Crippen LogP contribution in [-0.2, 0) is 10.0 Å². The monoisotopic (exact) mass is 290 g/mol. The lowest BCUT2D eigenvalue weighted by Crippen LogP contribution is -2.43. The number of nitrogens with one attached hydrogen (secondary N) is 1. The molecule has 0 bridgehead atoms. The lowest BCUT2D eigenvalue weighted by Gasteiger charge is -2.34. The van der Waals surface area contributed by atoms with Crippen LogP contribution in [0.2, 0.25) is 0 Å².